The lowest BCUT2D eigenvalue weighted by molar-refractivity contribution is -0.185. The van der Waals surface area contributed by atoms with Gasteiger partial charge in [-0.3, -0.25) is 10.1 Å². The standard InChI is InChI=1S/C28H38N2O6S/c1-27-12-11-24(36-26(34)30-18-6-4-8-20(14-18)37-3)28(2,17-31)23(27)10-9-22(32)21(27)15-25(33)29-16-19-7-5-13-35-19/h4-8,13-14,21-24,31-32H,9-12,15-17H2,1-3H3,(H,29,33)(H,30,34). The van der Waals surface area contributed by atoms with Crippen molar-refractivity contribution in [2.45, 2.75) is 69.6 Å². The number of rotatable bonds is 8. The molecule has 0 bridgehead atoms. The minimum absolute atomic E-state index is 0.0253. The summed E-state index contributed by atoms with van der Waals surface area (Å²) < 4.78 is 11.2. The summed E-state index contributed by atoms with van der Waals surface area (Å²) in [5, 5.41) is 27.3. The molecule has 0 radical (unpaired) electrons. The van der Waals surface area contributed by atoms with Crippen molar-refractivity contribution in [2.24, 2.45) is 22.7 Å². The molecule has 4 rings (SSSR count). The van der Waals surface area contributed by atoms with E-state index in [-0.39, 0.29) is 36.2 Å². The van der Waals surface area contributed by atoms with Gasteiger partial charge in [0.25, 0.3) is 0 Å². The molecule has 202 valence electrons. The van der Waals surface area contributed by atoms with Crippen LogP contribution in [0.25, 0.3) is 0 Å². The Labute approximate surface area is 222 Å². The molecular formula is C28H38N2O6S. The van der Waals surface area contributed by atoms with Gasteiger partial charge in [-0.1, -0.05) is 19.9 Å². The Balaban J connectivity index is 1.45. The molecule has 0 aliphatic heterocycles. The molecule has 1 aromatic carbocycles. The van der Waals surface area contributed by atoms with Crippen LogP contribution >= 0.6 is 11.8 Å². The molecule has 9 heteroatoms. The average Bonchev–Trinajstić information content (AvgIpc) is 3.41. The van der Waals surface area contributed by atoms with E-state index in [1.807, 2.05) is 37.4 Å². The Hall–Kier alpha value is -2.49. The zero-order valence-electron chi connectivity index (χ0n) is 21.7. The van der Waals surface area contributed by atoms with Crippen molar-refractivity contribution in [3.05, 3.63) is 48.4 Å². The number of hydrogen-bond acceptors (Lipinski definition) is 7. The van der Waals surface area contributed by atoms with Crippen molar-refractivity contribution < 1.29 is 29.0 Å². The topological polar surface area (TPSA) is 121 Å². The number of thioether (sulfide) groups is 1. The highest BCUT2D eigenvalue weighted by Crippen LogP contribution is 2.61. The Morgan fingerprint density at radius 2 is 2.00 bits per heavy atom. The summed E-state index contributed by atoms with van der Waals surface area (Å²) in [4.78, 5) is 26.7. The van der Waals surface area contributed by atoms with Gasteiger partial charge in [0.1, 0.15) is 11.9 Å². The second-order valence-corrected chi connectivity index (χ2v) is 11.7. The molecule has 1 heterocycles. The molecule has 2 aliphatic carbocycles. The summed E-state index contributed by atoms with van der Waals surface area (Å²) in [5.74, 6) is 0.240. The van der Waals surface area contributed by atoms with Gasteiger partial charge in [-0.2, -0.15) is 0 Å². The molecule has 6 atom stereocenters. The number of furan rings is 1. The highest BCUT2D eigenvalue weighted by Gasteiger charge is 2.60. The zero-order valence-corrected chi connectivity index (χ0v) is 22.6. The third kappa shape index (κ3) is 5.84. The molecule has 4 N–H and O–H groups in total. The van der Waals surface area contributed by atoms with Crippen molar-refractivity contribution in [2.75, 3.05) is 18.2 Å². The number of fused-ring (bicyclic) bond motifs is 1. The maximum absolute atomic E-state index is 12.8. The zero-order chi connectivity index (χ0) is 26.6. The maximum atomic E-state index is 12.8. The van der Waals surface area contributed by atoms with E-state index >= 15 is 0 Å². The van der Waals surface area contributed by atoms with Crippen LogP contribution in [-0.4, -0.2) is 47.3 Å². The van der Waals surface area contributed by atoms with Crippen LogP contribution in [0, 0.1) is 22.7 Å². The Morgan fingerprint density at radius 1 is 1.19 bits per heavy atom. The molecule has 6 unspecified atom stereocenters. The van der Waals surface area contributed by atoms with E-state index in [1.54, 1.807) is 30.2 Å². The van der Waals surface area contributed by atoms with Gasteiger partial charge < -0.3 is 24.7 Å². The lowest BCUT2D eigenvalue weighted by Gasteiger charge is -2.60. The van der Waals surface area contributed by atoms with Gasteiger partial charge in [0.15, 0.2) is 0 Å². The first-order valence-electron chi connectivity index (χ1n) is 12.9. The highest BCUT2D eigenvalue weighted by molar-refractivity contribution is 7.98. The fraction of sp³-hybridized carbons (Fsp3) is 0.571. The third-order valence-corrected chi connectivity index (χ3v) is 9.41. The number of ether oxygens (including phenoxy) is 1. The summed E-state index contributed by atoms with van der Waals surface area (Å²) in [5.41, 5.74) is -0.432. The van der Waals surface area contributed by atoms with Crippen molar-refractivity contribution in [1.29, 1.82) is 0 Å². The monoisotopic (exact) mass is 530 g/mol. The van der Waals surface area contributed by atoms with Crippen LogP contribution in [-0.2, 0) is 16.1 Å². The Morgan fingerprint density at radius 3 is 2.70 bits per heavy atom. The van der Waals surface area contributed by atoms with Gasteiger partial charge in [0, 0.05) is 22.4 Å². The fourth-order valence-electron chi connectivity index (χ4n) is 6.63. The molecule has 2 amide bonds. The number of hydrogen-bond donors (Lipinski definition) is 4. The molecule has 2 aliphatic rings. The molecule has 1 aromatic heterocycles. The van der Waals surface area contributed by atoms with Gasteiger partial charge in [-0.05, 0) is 79.5 Å². The number of benzene rings is 1. The summed E-state index contributed by atoms with van der Waals surface area (Å²) >= 11 is 1.59. The second kappa shape index (κ2) is 11.5. The van der Waals surface area contributed by atoms with Crippen LogP contribution in [0.3, 0.4) is 0 Å². The maximum Gasteiger partial charge on any atom is 0.411 e. The molecule has 37 heavy (non-hydrogen) atoms. The SMILES string of the molecule is CSc1cccc(NC(=O)OC2CCC3(C)C(CC(=O)NCc4ccco4)C(O)CCC3C2(C)CO)c1. The first-order valence-corrected chi connectivity index (χ1v) is 14.1. The van der Waals surface area contributed by atoms with Crippen LogP contribution in [0.4, 0.5) is 10.5 Å². The van der Waals surface area contributed by atoms with E-state index in [0.717, 1.165) is 4.90 Å². The van der Waals surface area contributed by atoms with E-state index in [0.29, 0.717) is 43.7 Å². The molecular weight excluding hydrogens is 492 g/mol. The van der Waals surface area contributed by atoms with Crippen LogP contribution in [0.2, 0.25) is 0 Å². The number of anilines is 1. The number of carbonyl (C=O) groups excluding carboxylic acids is 2. The number of amides is 2. The highest BCUT2D eigenvalue weighted by atomic mass is 32.2. The van der Waals surface area contributed by atoms with E-state index in [2.05, 4.69) is 17.6 Å². The normalized spacial score (nSPS) is 31.3. The largest absolute Gasteiger partial charge is 0.467 e. The Bertz CT molecular complexity index is 1080. The van der Waals surface area contributed by atoms with Gasteiger partial charge >= 0.3 is 6.09 Å². The van der Waals surface area contributed by atoms with E-state index in [9.17, 15) is 19.8 Å². The average molecular weight is 531 g/mol. The van der Waals surface area contributed by atoms with Gasteiger partial charge in [0.05, 0.1) is 25.5 Å². The molecule has 2 fully saturated rings. The predicted molar refractivity (Wildman–Crippen MR) is 142 cm³/mol. The third-order valence-electron chi connectivity index (χ3n) is 8.69. The first kappa shape index (κ1) is 27.5. The molecule has 8 nitrogen and oxygen atoms in total. The summed E-state index contributed by atoms with van der Waals surface area (Å²) in [6.07, 6.45) is 4.54. The number of nitrogens with one attached hydrogen (secondary N) is 2. The first-order chi connectivity index (χ1) is 17.7. The van der Waals surface area contributed by atoms with Crippen LogP contribution in [0.15, 0.2) is 52.0 Å². The van der Waals surface area contributed by atoms with Gasteiger partial charge in [-0.15, -0.1) is 11.8 Å². The molecule has 2 saturated carbocycles. The molecule has 2 aromatic rings. The smallest absolute Gasteiger partial charge is 0.411 e. The van der Waals surface area contributed by atoms with E-state index in [4.69, 9.17) is 9.15 Å². The van der Waals surface area contributed by atoms with E-state index < -0.39 is 23.7 Å². The van der Waals surface area contributed by atoms with Crippen LogP contribution in [0.1, 0.15) is 51.7 Å². The second-order valence-electron chi connectivity index (χ2n) is 10.8. The quantitative estimate of drug-likeness (QED) is 0.361. The van der Waals surface area contributed by atoms with E-state index in [1.165, 1.54) is 0 Å². The summed E-state index contributed by atoms with van der Waals surface area (Å²) in [7, 11) is 0. The van der Waals surface area contributed by atoms with Gasteiger partial charge in [-0.25, -0.2) is 4.79 Å². The predicted octanol–water partition coefficient (Wildman–Crippen LogP) is 4.81. The lowest BCUT2D eigenvalue weighted by Crippen LogP contribution is -2.61. The summed E-state index contributed by atoms with van der Waals surface area (Å²) in [6.45, 7) is 4.23. The minimum Gasteiger partial charge on any atom is -0.467 e. The Kier molecular flexibility index (Phi) is 8.56. The number of carbonyl (C=O) groups is 2. The lowest BCUT2D eigenvalue weighted by atomic mass is 9.46. The van der Waals surface area contributed by atoms with Crippen molar-refractivity contribution in [1.82, 2.24) is 5.32 Å². The molecule has 0 spiro atoms. The summed E-state index contributed by atoms with van der Waals surface area (Å²) in [6, 6.07) is 11.1. The van der Waals surface area contributed by atoms with Gasteiger partial charge in [0.2, 0.25) is 5.91 Å². The van der Waals surface area contributed by atoms with Crippen molar-refractivity contribution in [3.63, 3.8) is 0 Å². The number of aliphatic hydroxyl groups is 2. The number of aliphatic hydroxyl groups excluding tert-OH is 2. The van der Waals surface area contributed by atoms with Crippen LogP contribution in [0.5, 0.6) is 0 Å². The minimum atomic E-state index is -0.700. The van der Waals surface area contributed by atoms with Crippen molar-refractivity contribution in [3.8, 4) is 0 Å². The fourth-order valence-corrected chi connectivity index (χ4v) is 7.09. The van der Waals surface area contributed by atoms with Crippen LogP contribution < -0.4 is 10.6 Å². The molecule has 0 saturated heterocycles. The van der Waals surface area contributed by atoms with Crippen molar-refractivity contribution >= 4 is 29.4 Å².